The van der Waals surface area contributed by atoms with Gasteiger partial charge in [0.25, 0.3) is 0 Å². The fourth-order valence-corrected chi connectivity index (χ4v) is 1.95. The third-order valence-corrected chi connectivity index (χ3v) is 3.25. The summed E-state index contributed by atoms with van der Waals surface area (Å²) in [6.45, 7) is 13.2. The van der Waals surface area contributed by atoms with E-state index in [2.05, 4.69) is 46.0 Å². The smallest absolute Gasteiger partial charge is 0.0210 e. The molecule has 84 valence electrons. The predicted octanol–water partition coefficient (Wildman–Crippen LogP) is 3.42. The van der Waals surface area contributed by atoms with Crippen molar-refractivity contribution in [2.75, 3.05) is 6.54 Å². The first-order chi connectivity index (χ1) is 7.07. The van der Waals surface area contributed by atoms with E-state index < -0.39 is 0 Å². The number of nitrogens with one attached hydrogen (secondary N) is 1. The number of rotatable bonds is 4. The molecule has 0 fully saturated rings. The Kier molecular flexibility index (Phi) is 4.34. The molecule has 0 spiro atoms. The van der Waals surface area contributed by atoms with E-state index >= 15 is 0 Å². The summed E-state index contributed by atoms with van der Waals surface area (Å²) in [4.78, 5) is 0. The number of hydrogen-bond donors (Lipinski definition) is 1. The molecule has 1 aromatic rings. The van der Waals surface area contributed by atoms with Crippen molar-refractivity contribution < 1.29 is 0 Å². The molecule has 0 saturated heterocycles. The number of hydrogen-bond acceptors (Lipinski definition) is 1. The SMILES string of the molecule is CCCNCc1c(C)c(C)cc(C)c1C. The summed E-state index contributed by atoms with van der Waals surface area (Å²) >= 11 is 0. The van der Waals surface area contributed by atoms with E-state index in [0.717, 1.165) is 13.1 Å². The topological polar surface area (TPSA) is 12.0 Å². The van der Waals surface area contributed by atoms with Crippen LogP contribution in [0, 0.1) is 27.7 Å². The molecule has 0 aliphatic carbocycles. The lowest BCUT2D eigenvalue weighted by Gasteiger charge is -2.15. The highest BCUT2D eigenvalue weighted by Crippen LogP contribution is 2.21. The van der Waals surface area contributed by atoms with Crippen LogP contribution in [0.2, 0.25) is 0 Å². The maximum Gasteiger partial charge on any atom is 0.0210 e. The first kappa shape index (κ1) is 12.3. The lowest BCUT2D eigenvalue weighted by Crippen LogP contribution is -2.16. The second-order valence-electron chi connectivity index (χ2n) is 4.42. The Hall–Kier alpha value is -0.820. The molecule has 1 nitrogen and oxygen atoms in total. The van der Waals surface area contributed by atoms with Gasteiger partial charge in [-0.25, -0.2) is 0 Å². The van der Waals surface area contributed by atoms with Crippen molar-refractivity contribution in [3.8, 4) is 0 Å². The molecule has 0 aliphatic rings. The van der Waals surface area contributed by atoms with Crippen LogP contribution in [0.25, 0.3) is 0 Å². The van der Waals surface area contributed by atoms with E-state index in [-0.39, 0.29) is 0 Å². The normalized spacial score (nSPS) is 10.7. The van der Waals surface area contributed by atoms with Crippen LogP contribution in [0.1, 0.15) is 41.2 Å². The summed E-state index contributed by atoms with van der Waals surface area (Å²) in [5.74, 6) is 0. The summed E-state index contributed by atoms with van der Waals surface area (Å²) in [7, 11) is 0. The van der Waals surface area contributed by atoms with Crippen LogP contribution in [-0.2, 0) is 6.54 Å². The zero-order chi connectivity index (χ0) is 11.4. The zero-order valence-electron chi connectivity index (χ0n) is 10.7. The number of aryl methyl sites for hydroxylation is 2. The van der Waals surface area contributed by atoms with E-state index in [1.54, 1.807) is 0 Å². The molecule has 1 rings (SSSR count). The molecule has 0 bridgehead atoms. The highest BCUT2D eigenvalue weighted by Gasteiger charge is 2.07. The van der Waals surface area contributed by atoms with Gasteiger partial charge in [0.1, 0.15) is 0 Å². The largest absolute Gasteiger partial charge is 0.313 e. The first-order valence-corrected chi connectivity index (χ1v) is 5.85. The number of benzene rings is 1. The van der Waals surface area contributed by atoms with E-state index in [0.29, 0.717) is 0 Å². The van der Waals surface area contributed by atoms with E-state index in [4.69, 9.17) is 0 Å². The summed E-state index contributed by atoms with van der Waals surface area (Å²) in [6, 6.07) is 2.29. The maximum absolute atomic E-state index is 3.49. The molecule has 1 aromatic carbocycles. The fraction of sp³-hybridized carbons (Fsp3) is 0.571. The Balaban J connectivity index is 2.94. The Morgan fingerprint density at radius 2 is 1.53 bits per heavy atom. The Bertz CT molecular complexity index is 313. The summed E-state index contributed by atoms with van der Waals surface area (Å²) in [5.41, 5.74) is 7.20. The van der Waals surface area contributed by atoms with Crippen molar-refractivity contribution >= 4 is 0 Å². The third kappa shape index (κ3) is 2.82. The third-order valence-electron chi connectivity index (χ3n) is 3.25. The molecule has 0 saturated carbocycles. The van der Waals surface area contributed by atoms with E-state index in [9.17, 15) is 0 Å². The van der Waals surface area contributed by atoms with Gasteiger partial charge in [-0.2, -0.15) is 0 Å². The molecule has 0 amide bonds. The van der Waals surface area contributed by atoms with Crippen molar-refractivity contribution in [1.82, 2.24) is 5.32 Å². The van der Waals surface area contributed by atoms with Crippen LogP contribution < -0.4 is 5.32 Å². The lowest BCUT2D eigenvalue weighted by molar-refractivity contribution is 0.670. The van der Waals surface area contributed by atoms with Crippen LogP contribution in [0.3, 0.4) is 0 Å². The minimum Gasteiger partial charge on any atom is -0.313 e. The average Bonchev–Trinajstić information content (AvgIpc) is 2.20. The van der Waals surface area contributed by atoms with E-state index in [1.165, 1.54) is 34.2 Å². The standard InChI is InChI=1S/C14H23N/c1-6-7-15-9-14-12(4)10(2)8-11(3)13(14)5/h8,15H,6-7,9H2,1-5H3. The predicted molar refractivity (Wildman–Crippen MR) is 67.4 cm³/mol. The molecule has 0 aliphatic heterocycles. The van der Waals surface area contributed by atoms with Gasteiger partial charge in [-0.1, -0.05) is 13.0 Å². The summed E-state index contributed by atoms with van der Waals surface area (Å²) in [5, 5.41) is 3.49. The van der Waals surface area contributed by atoms with Crippen LogP contribution in [-0.4, -0.2) is 6.54 Å². The quantitative estimate of drug-likeness (QED) is 0.743. The summed E-state index contributed by atoms with van der Waals surface area (Å²) in [6.07, 6.45) is 1.20. The van der Waals surface area contributed by atoms with Crippen LogP contribution in [0.4, 0.5) is 0 Å². The van der Waals surface area contributed by atoms with Crippen molar-refractivity contribution in [2.45, 2.75) is 47.6 Å². The molecule has 0 heterocycles. The molecule has 0 aromatic heterocycles. The molecule has 0 unspecified atom stereocenters. The van der Waals surface area contributed by atoms with Crippen molar-refractivity contribution in [1.29, 1.82) is 0 Å². The molecular formula is C14H23N. The van der Waals surface area contributed by atoms with Crippen LogP contribution >= 0.6 is 0 Å². The zero-order valence-corrected chi connectivity index (χ0v) is 10.7. The molecule has 1 heteroatoms. The Morgan fingerprint density at radius 1 is 1.00 bits per heavy atom. The van der Waals surface area contributed by atoms with Gasteiger partial charge >= 0.3 is 0 Å². The van der Waals surface area contributed by atoms with E-state index in [1.807, 2.05) is 0 Å². The molecular weight excluding hydrogens is 182 g/mol. The Labute approximate surface area is 93.9 Å². The van der Waals surface area contributed by atoms with Crippen LogP contribution in [0.15, 0.2) is 6.07 Å². The van der Waals surface area contributed by atoms with Gasteiger partial charge < -0.3 is 5.32 Å². The fourth-order valence-electron chi connectivity index (χ4n) is 1.95. The van der Waals surface area contributed by atoms with Gasteiger partial charge in [-0.3, -0.25) is 0 Å². The second kappa shape index (κ2) is 5.32. The van der Waals surface area contributed by atoms with Crippen molar-refractivity contribution in [3.63, 3.8) is 0 Å². The molecule has 0 atom stereocenters. The Morgan fingerprint density at radius 3 is 2.00 bits per heavy atom. The average molecular weight is 205 g/mol. The van der Waals surface area contributed by atoms with Gasteiger partial charge in [0.15, 0.2) is 0 Å². The first-order valence-electron chi connectivity index (χ1n) is 5.85. The minimum absolute atomic E-state index is 1.01. The maximum atomic E-state index is 3.49. The monoisotopic (exact) mass is 205 g/mol. The molecule has 15 heavy (non-hydrogen) atoms. The highest BCUT2D eigenvalue weighted by atomic mass is 14.8. The van der Waals surface area contributed by atoms with Gasteiger partial charge in [0.2, 0.25) is 0 Å². The van der Waals surface area contributed by atoms with Crippen molar-refractivity contribution in [3.05, 3.63) is 33.9 Å². The van der Waals surface area contributed by atoms with Gasteiger partial charge in [0.05, 0.1) is 0 Å². The second-order valence-corrected chi connectivity index (χ2v) is 4.42. The van der Waals surface area contributed by atoms with Gasteiger partial charge in [0, 0.05) is 6.54 Å². The van der Waals surface area contributed by atoms with Crippen LogP contribution in [0.5, 0.6) is 0 Å². The van der Waals surface area contributed by atoms with Crippen molar-refractivity contribution in [2.24, 2.45) is 0 Å². The highest BCUT2D eigenvalue weighted by molar-refractivity contribution is 5.43. The van der Waals surface area contributed by atoms with Gasteiger partial charge in [-0.05, 0) is 68.5 Å². The lowest BCUT2D eigenvalue weighted by atomic mass is 9.94. The minimum atomic E-state index is 1.01. The van der Waals surface area contributed by atoms with Gasteiger partial charge in [-0.15, -0.1) is 0 Å². The summed E-state index contributed by atoms with van der Waals surface area (Å²) < 4.78 is 0. The molecule has 1 N–H and O–H groups in total. The molecule has 0 radical (unpaired) electrons.